The molecule has 1 saturated carbocycles. The number of pyridine rings is 1. The van der Waals surface area contributed by atoms with Crippen molar-refractivity contribution in [3.63, 3.8) is 0 Å². The van der Waals surface area contributed by atoms with E-state index in [4.69, 9.17) is 4.74 Å². The molecule has 142 valence electrons. The monoisotopic (exact) mass is 366 g/mol. The van der Waals surface area contributed by atoms with Gasteiger partial charge in [-0.05, 0) is 49.1 Å². The minimum Gasteiger partial charge on any atom is -0.497 e. The van der Waals surface area contributed by atoms with E-state index in [1.165, 1.54) is 5.56 Å². The Labute approximate surface area is 159 Å². The maximum absolute atomic E-state index is 12.1. The second kappa shape index (κ2) is 7.96. The van der Waals surface area contributed by atoms with Crippen LogP contribution in [-0.2, 0) is 6.54 Å². The van der Waals surface area contributed by atoms with Gasteiger partial charge in [0.15, 0.2) is 0 Å². The second-order valence-corrected chi connectivity index (χ2v) is 7.32. The van der Waals surface area contributed by atoms with Crippen molar-refractivity contribution in [3.8, 4) is 5.75 Å². The summed E-state index contributed by atoms with van der Waals surface area (Å²) in [6, 6.07) is 12.8. The molecule has 2 fully saturated rings. The van der Waals surface area contributed by atoms with Gasteiger partial charge in [-0.25, -0.2) is 4.98 Å². The number of nitrogens with zero attached hydrogens (tertiary/aromatic N) is 2. The highest BCUT2D eigenvalue weighted by atomic mass is 16.5. The van der Waals surface area contributed by atoms with E-state index >= 15 is 0 Å². The molecule has 1 amide bonds. The van der Waals surface area contributed by atoms with Crippen molar-refractivity contribution in [1.29, 1.82) is 0 Å². The molecular formula is C21H26N4O2. The van der Waals surface area contributed by atoms with Crippen molar-refractivity contribution in [2.45, 2.75) is 37.9 Å². The number of benzene rings is 1. The van der Waals surface area contributed by atoms with Crippen molar-refractivity contribution in [2.75, 3.05) is 25.1 Å². The van der Waals surface area contributed by atoms with E-state index in [9.17, 15) is 4.79 Å². The van der Waals surface area contributed by atoms with Crippen molar-refractivity contribution in [3.05, 3.63) is 53.7 Å². The van der Waals surface area contributed by atoms with Crippen LogP contribution in [0.2, 0.25) is 0 Å². The molecule has 6 heteroatoms. The Hall–Kier alpha value is -2.60. The first-order valence-electron chi connectivity index (χ1n) is 9.59. The van der Waals surface area contributed by atoms with Gasteiger partial charge in [0, 0.05) is 37.9 Å². The molecule has 0 spiro atoms. The third-order valence-electron chi connectivity index (χ3n) is 5.16. The SMILES string of the molecule is COc1cccc(CN[C@H]2CCN(c3ccc(C(=O)NC4CC4)cn3)C2)c1. The number of hydrogen-bond acceptors (Lipinski definition) is 5. The van der Waals surface area contributed by atoms with Crippen molar-refractivity contribution < 1.29 is 9.53 Å². The Morgan fingerprint density at radius 3 is 2.85 bits per heavy atom. The summed E-state index contributed by atoms with van der Waals surface area (Å²) in [5, 5.41) is 6.61. The molecule has 2 N–H and O–H groups in total. The van der Waals surface area contributed by atoms with Crippen LogP contribution in [0.1, 0.15) is 35.2 Å². The molecule has 0 radical (unpaired) electrons. The first-order chi connectivity index (χ1) is 13.2. The zero-order valence-corrected chi connectivity index (χ0v) is 15.6. The summed E-state index contributed by atoms with van der Waals surface area (Å²) in [5.74, 6) is 1.80. The number of ether oxygens (including phenoxy) is 1. The summed E-state index contributed by atoms with van der Waals surface area (Å²) >= 11 is 0. The smallest absolute Gasteiger partial charge is 0.253 e. The quantitative estimate of drug-likeness (QED) is 0.787. The fourth-order valence-corrected chi connectivity index (χ4v) is 3.38. The lowest BCUT2D eigenvalue weighted by Gasteiger charge is -2.18. The van der Waals surface area contributed by atoms with Crippen LogP contribution in [0, 0.1) is 0 Å². The number of carbonyl (C=O) groups is 1. The summed E-state index contributed by atoms with van der Waals surface area (Å²) in [5.41, 5.74) is 1.86. The molecule has 4 rings (SSSR count). The van der Waals surface area contributed by atoms with Crippen LogP contribution in [-0.4, -0.2) is 43.2 Å². The standard InChI is InChI=1S/C21H26N4O2/c1-27-19-4-2-3-15(11-19)12-22-18-9-10-25(14-18)20-8-5-16(13-23-20)21(26)24-17-6-7-17/h2-5,8,11,13,17-18,22H,6-7,9-10,12,14H2,1H3,(H,24,26)/t18-/m0/s1. The number of carbonyl (C=O) groups excluding carboxylic acids is 1. The molecular weight excluding hydrogens is 340 g/mol. The van der Waals surface area contributed by atoms with Crippen LogP contribution in [0.3, 0.4) is 0 Å². The number of aromatic nitrogens is 1. The van der Waals surface area contributed by atoms with Gasteiger partial charge in [-0.15, -0.1) is 0 Å². The summed E-state index contributed by atoms with van der Waals surface area (Å²) in [7, 11) is 1.69. The molecule has 1 saturated heterocycles. The summed E-state index contributed by atoms with van der Waals surface area (Å²) in [6.07, 6.45) is 4.95. The van der Waals surface area contributed by atoms with Gasteiger partial charge in [0.25, 0.3) is 5.91 Å². The summed E-state index contributed by atoms with van der Waals surface area (Å²) < 4.78 is 5.28. The molecule has 27 heavy (non-hydrogen) atoms. The molecule has 1 aliphatic heterocycles. The minimum absolute atomic E-state index is 0.0178. The van der Waals surface area contributed by atoms with Crippen molar-refractivity contribution in [2.24, 2.45) is 0 Å². The van der Waals surface area contributed by atoms with Crippen LogP contribution in [0.4, 0.5) is 5.82 Å². The Balaban J connectivity index is 1.29. The van der Waals surface area contributed by atoms with Crippen LogP contribution >= 0.6 is 0 Å². The third kappa shape index (κ3) is 4.57. The van der Waals surface area contributed by atoms with Gasteiger partial charge in [-0.2, -0.15) is 0 Å². The topological polar surface area (TPSA) is 66.5 Å². The normalized spacial score (nSPS) is 19.1. The van der Waals surface area contributed by atoms with E-state index in [0.29, 0.717) is 17.6 Å². The Kier molecular flexibility index (Phi) is 5.25. The molecule has 1 aromatic carbocycles. The van der Waals surface area contributed by atoms with E-state index in [-0.39, 0.29) is 5.91 Å². The molecule has 1 aromatic heterocycles. The highest BCUT2D eigenvalue weighted by Crippen LogP contribution is 2.21. The van der Waals surface area contributed by atoms with Gasteiger partial charge in [0.1, 0.15) is 11.6 Å². The molecule has 2 aliphatic rings. The zero-order chi connectivity index (χ0) is 18.6. The lowest BCUT2D eigenvalue weighted by atomic mass is 10.2. The van der Waals surface area contributed by atoms with E-state index in [1.807, 2.05) is 24.3 Å². The highest BCUT2D eigenvalue weighted by Gasteiger charge is 2.25. The van der Waals surface area contributed by atoms with Crippen LogP contribution in [0.15, 0.2) is 42.6 Å². The van der Waals surface area contributed by atoms with Gasteiger partial charge >= 0.3 is 0 Å². The predicted molar refractivity (Wildman–Crippen MR) is 105 cm³/mol. The first-order valence-corrected chi connectivity index (χ1v) is 9.59. The lowest BCUT2D eigenvalue weighted by Crippen LogP contribution is -2.32. The lowest BCUT2D eigenvalue weighted by molar-refractivity contribution is 0.0950. The Morgan fingerprint density at radius 1 is 1.22 bits per heavy atom. The van der Waals surface area contributed by atoms with Crippen molar-refractivity contribution >= 4 is 11.7 Å². The Morgan fingerprint density at radius 2 is 2.11 bits per heavy atom. The van der Waals surface area contributed by atoms with E-state index in [2.05, 4.69) is 32.7 Å². The molecule has 2 heterocycles. The van der Waals surface area contributed by atoms with Gasteiger partial charge in [-0.1, -0.05) is 12.1 Å². The molecule has 0 unspecified atom stereocenters. The molecule has 6 nitrogen and oxygen atoms in total. The van der Waals surface area contributed by atoms with Crippen LogP contribution < -0.4 is 20.3 Å². The third-order valence-corrected chi connectivity index (χ3v) is 5.16. The first kappa shape index (κ1) is 17.8. The number of amides is 1. The number of rotatable bonds is 7. The van der Waals surface area contributed by atoms with Gasteiger partial charge in [0.2, 0.25) is 0 Å². The largest absolute Gasteiger partial charge is 0.497 e. The number of methoxy groups -OCH3 is 1. The molecule has 1 atom stereocenters. The highest BCUT2D eigenvalue weighted by molar-refractivity contribution is 5.94. The Bertz CT molecular complexity index is 789. The van der Waals surface area contributed by atoms with Gasteiger partial charge in [0.05, 0.1) is 12.7 Å². The average molecular weight is 366 g/mol. The second-order valence-electron chi connectivity index (χ2n) is 7.32. The number of hydrogen-bond donors (Lipinski definition) is 2. The summed E-state index contributed by atoms with van der Waals surface area (Å²) in [6.45, 7) is 2.71. The van der Waals surface area contributed by atoms with E-state index < -0.39 is 0 Å². The maximum Gasteiger partial charge on any atom is 0.253 e. The molecule has 2 aromatic rings. The maximum atomic E-state index is 12.1. The van der Waals surface area contributed by atoms with E-state index in [1.54, 1.807) is 13.3 Å². The predicted octanol–water partition coefficient (Wildman–Crippen LogP) is 2.35. The number of nitrogens with one attached hydrogen (secondary N) is 2. The minimum atomic E-state index is -0.0178. The zero-order valence-electron chi connectivity index (χ0n) is 15.6. The van der Waals surface area contributed by atoms with Crippen molar-refractivity contribution in [1.82, 2.24) is 15.6 Å². The number of anilines is 1. The van der Waals surface area contributed by atoms with E-state index in [0.717, 1.165) is 50.5 Å². The fourth-order valence-electron chi connectivity index (χ4n) is 3.38. The molecule has 0 bridgehead atoms. The molecule has 1 aliphatic carbocycles. The fraction of sp³-hybridized carbons (Fsp3) is 0.429. The summed E-state index contributed by atoms with van der Waals surface area (Å²) in [4.78, 5) is 18.8. The van der Waals surface area contributed by atoms with Crippen LogP contribution in [0.25, 0.3) is 0 Å². The van der Waals surface area contributed by atoms with Gasteiger partial charge in [-0.3, -0.25) is 4.79 Å². The van der Waals surface area contributed by atoms with Crippen LogP contribution in [0.5, 0.6) is 5.75 Å². The average Bonchev–Trinajstić information content (AvgIpc) is 3.40. The van der Waals surface area contributed by atoms with Gasteiger partial charge < -0.3 is 20.3 Å².